The first-order chi connectivity index (χ1) is 16.2. The molecule has 0 saturated carbocycles. The summed E-state index contributed by atoms with van der Waals surface area (Å²) in [6.45, 7) is 5.81. The van der Waals surface area contributed by atoms with E-state index in [9.17, 15) is 9.59 Å². The fourth-order valence-electron chi connectivity index (χ4n) is 3.76. The van der Waals surface area contributed by atoms with Gasteiger partial charge >= 0.3 is 0 Å². The van der Waals surface area contributed by atoms with Gasteiger partial charge in [0.2, 0.25) is 5.78 Å². The number of ketones is 1. The van der Waals surface area contributed by atoms with Crippen molar-refractivity contribution in [2.75, 3.05) is 0 Å². The lowest BCUT2D eigenvalue weighted by Crippen LogP contribution is -2.45. The lowest BCUT2D eigenvalue weighted by molar-refractivity contribution is -0.107. The largest absolute Gasteiger partial charge is 0.461 e. The highest BCUT2D eigenvalue weighted by Gasteiger charge is 2.43. The molecule has 0 saturated heterocycles. The second-order valence-corrected chi connectivity index (χ2v) is 7.33. The van der Waals surface area contributed by atoms with E-state index in [0.717, 1.165) is 35.3 Å². The summed E-state index contributed by atoms with van der Waals surface area (Å²) < 4.78 is 6.12. The highest BCUT2D eigenvalue weighted by Crippen LogP contribution is 2.43. The number of fused-ring (bicyclic) bond motifs is 3. The average molecular weight is 443 g/mol. The molecule has 0 aliphatic carbocycles. The van der Waals surface area contributed by atoms with Crippen LogP contribution in [0, 0.1) is 0 Å². The number of hydrogen-bond acceptors (Lipinski definition) is 5. The van der Waals surface area contributed by atoms with Crippen molar-refractivity contribution in [3.63, 3.8) is 0 Å². The molecule has 0 spiro atoms. The Kier molecular flexibility index (Phi) is 8.53. The third-order valence-electron chi connectivity index (χ3n) is 5.26. The van der Waals surface area contributed by atoms with Crippen LogP contribution in [0.25, 0.3) is 0 Å². The summed E-state index contributed by atoms with van der Waals surface area (Å²) in [7, 11) is 0. The molecular formula is C28H30N2O3. The molecule has 5 heteroatoms. The van der Waals surface area contributed by atoms with E-state index in [1.807, 2.05) is 92.5 Å². The van der Waals surface area contributed by atoms with Gasteiger partial charge in [0.05, 0.1) is 11.8 Å². The standard InChI is InChI=1S/C23H18N2O2.C3H6O.C2H6/c26-22(17-11-5-2-6-12-17)23-25-20(18-13-7-8-14-21(18)27-23)15-19(24-25)16-9-3-1-4-10-16;1-2-3-4;1-2/h1-14,20,23H,15H2;3H,2H2,1H3;1-2H3. The van der Waals surface area contributed by atoms with Crippen LogP contribution in [0.5, 0.6) is 5.75 Å². The van der Waals surface area contributed by atoms with Gasteiger partial charge in [-0.15, -0.1) is 0 Å². The smallest absolute Gasteiger partial charge is 0.251 e. The van der Waals surface area contributed by atoms with E-state index in [2.05, 4.69) is 18.2 Å². The monoisotopic (exact) mass is 442 g/mol. The van der Waals surface area contributed by atoms with Crippen LogP contribution in [-0.4, -0.2) is 29.0 Å². The SMILES string of the molecule is CC.CCC=O.O=C(c1ccccc1)C1Oc2ccccc2C2CC(c3ccccc3)=NN12. The third kappa shape index (κ3) is 5.37. The van der Waals surface area contributed by atoms with Gasteiger partial charge in [0.25, 0.3) is 6.23 Å². The van der Waals surface area contributed by atoms with Crippen LogP contribution in [0.1, 0.15) is 61.1 Å². The number of nitrogens with zero attached hydrogens (tertiary/aromatic N) is 2. The predicted octanol–water partition coefficient (Wildman–Crippen LogP) is 6.06. The molecule has 2 aliphatic rings. The van der Waals surface area contributed by atoms with E-state index in [1.165, 1.54) is 0 Å². The van der Waals surface area contributed by atoms with Crippen molar-refractivity contribution in [1.82, 2.24) is 5.01 Å². The minimum absolute atomic E-state index is 0.00261. The van der Waals surface area contributed by atoms with Crippen molar-refractivity contribution in [1.29, 1.82) is 0 Å². The number of ether oxygens (including phenoxy) is 1. The van der Waals surface area contributed by atoms with Gasteiger partial charge in [0, 0.05) is 24.0 Å². The van der Waals surface area contributed by atoms with Crippen LogP contribution in [0.3, 0.4) is 0 Å². The first-order valence-electron chi connectivity index (χ1n) is 11.4. The Morgan fingerprint density at radius 1 is 0.970 bits per heavy atom. The Bertz CT molecular complexity index is 1080. The summed E-state index contributed by atoms with van der Waals surface area (Å²) in [4.78, 5) is 22.3. The van der Waals surface area contributed by atoms with Crippen LogP contribution >= 0.6 is 0 Å². The highest BCUT2D eigenvalue weighted by atomic mass is 16.5. The molecule has 0 fully saturated rings. The minimum atomic E-state index is -0.756. The molecule has 5 rings (SSSR count). The quantitative estimate of drug-likeness (QED) is 0.364. The Labute approximate surface area is 195 Å². The molecule has 2 atom stereocenters. The number of rotatable bonds is 4. The third-order valence-corrected chi connectivity index (χ3v) is 5.26. The molecular weight excluding hydrogens is 412 g/mol. The summed E-state index contributed by atoms with van der Waals surface area (Å²) in [6.07, 6.45) is 1.51. The Morgan fingerprint density at radius 3 is 2.18 bits per heavy atom. The highest BCUT2D eigenvalue weighted by molar-refractivity contribution is 6.03. The molecule has 0 aromatic heterocycles. The van der Waals surface area contributed by atoms with Gasteiger partial charge in [-0.2, -0.15) is 5.10 Å². The maximum Gasteiger partial charge on any atom is 0.251 e. The predicted molar refractivity (Wildman–Crippen MR) is 132 cm³/mol. The molecule has 33 heavy (non-hydrogen) atoms. The zero-order valence-electron chi connectivity index (χ0n) is 19.3. The van der Waals surface area contributed by atoms with E-state index in [1.54, 1.807) is 0 Å². The second kappa shape index (κ2) is 11.8. The molecule has 5 nitrogen and oxygen atoms in total. The minimum Gasteiger partial charge on any atom is -0.461 e. The summed E-state index contributed by atoms with van der Waals surface area (Å²) in [5.74, 6) is 0.686. The van der Waals surface area contributed by atoms with E-state index in [4.69, 9.17) is 9.84 Å². The zero-order chi connectivity index (χ0) is 23.6. The number of aldehydes is 1. The molecule has 2 heterocycles. The van der Waals surface area contributed by atoms with Crippen molar-refractivity contribution < 1.29 is 14.3 Å². The molecule has 0 N–H and O–H groups in total. The van der Waals surface area contributed by atoms with E-state index >= 15 is 0 Å². The fraction of sp³-hybridized carbons (Fsp3) is 0.250. The van der Waals surface area contributed by atoms with Crippen molar-refractivity contribution in [2.45, 2.75) is 45.9 Å². The number of para-hydroxylation sites is 1. The van der Waals surface area contributed by atoms with Crippen LogP contribution in [0.4, 0.5) is 0 Å². The zero-order valence-corrected chi connectivity index (χ0v) is 19.3. The summed E-state index contributed by atoms with van der Waals surface area (Å²) in [6, 6.07) is 27.3. The van der Waals surface area contributed by atoms with Crippen molar-refractivity contribution in [2.24, 2.45) is 5.10 Å². The Balaban J connectivity index is 0.000000464. The topological polar surface area (TPSA) is 59.0 Å². The van der Waals surface area contributed by atoms with Gasteiger partial charge in [0.1, 0.15) is 12.0 Å². The van der Waals surface area contributed by atoms with Crippen LogP contribution in [-0.2, 0) is 4.79 Å². The van der Waals surface area contributed by atoms with Crippen LogP contribution < -0.4 is 4.74 Å². The van der Waals surface area contributed by atoms with Gasteiger partial charge in [-0.3, -0.25) is 4.79 Å². The molecule has 2 aliphatic heterocycles. The number of Topliss-reactive ketones (excluding diaryl/α,β-unsaturated/α-hetero) is 1. The van der Waals surface area contributed by atoms with Gasteiger partial charge in [-0.05, 0) is 11.6 Å². The molecule has 0 amide bonds. The van der Waals surface area contributed by atoms with Crippen molar-refractivity contribution in [3.8, 4) is 5.75 Å². The van der Waals surface area contributed by atoms with Crippen molar-refractivity contribution in [3.05, 3.63) is 102 Å². The van der Waals surface area contributed by atoms with Crippen molar-refractivity contribution >= 4 is 17.8 Å². The van der Waals surface area contributed by atoms with E-state index < -0.39 is 6.23 Å². The van der Waals surface area contributed by atoms with Gasteiger partial charge in [-0.1, -0.05) is 99.6 Å². The Hall–Kier alpha value is -3.73. The molecule has 0 radical (unpaired) electrons. The second-order valence-electron chi connectivity index (χ2n) is 7.33. The maximum absolute atomic E-state index is 13.2. The van der Waals surface area contributed by atoms with Crippen LogP contribution in [0.2, 0.25) is 0 Å². The van der Waals surface area contributed by atoms with Crippen LogP contribution in [0.15, 0.2) is 90.0 Å². The molecule has 2 unspecified atom stereocenters. The average Bonchev–Trinajstić information content (AvgIpc) is 3.36. The number of hydrazone groups is 1. The Morgan fingerprint density at radius 2 is 1.55 bits per heavy atom. The lowest BCUT2D eigenvalue weighted by atomic mass is 9.96. The molecule has 3 aromatic rings. The lowest BCUT2D eigenvalue weighted by Gasteiger charge is -2.37. The fourth-order valence-corrected chi connectivity index (χ4v) is 3.76. The summed E-state index contributed by atoms with van der Waals surface area (Å²) >= 11 is 0. The summed E-state index contributed by atoms with van der Waals surface area (Å²) in [5, 5.41) is 6.64. The van der Waals surface area contributed by atoms with Gasteiger partial charge < -0.3 is 9.53 Å². The molecule has 0 bridgehead atoms. The van der Waals surface area contributed by atoms with E-state index in [0.29, 0.717) is 12.0 Å². The molecule has 170 valence electrons. The van der Waals surface area contributed by atoms with E-state index in [-0.39, 0.29) is 11.8 Å². The first-order valence-corrected chi connectivity index (χ1v) is 11.4. The number of benzene rings is 3. The van der Waals surface area contributed by atoms with Gasteiger partial charge in [0.15, 0.2) is 0 Å². The number of carbonyl (C=O) groups excluding carboxylic acids is 2. The number of carbonyl (C=O) groups is 2. The normalized spacial score (nSPS) is 17.5. The molecule has 3 aromatic carbocycles. The summed E-state index contributed by atoms with van der Waals surface area (Å²) in [5.41, 5.74) is 3.76. The number of hydrogen-bond donors (Lipinski definition) is 0. The maximum atomic E-state index is 13.2. The van der Waals surface area contributed by atoms with Gasteiger partial charge in [-0.25, -0.2) is 5.01 Å². The first kappa shape index (κ1) is 23.9.